The van der Waals surface area contributed by atoms with Gasteiger partial charge in [0.2, 0.25) is 5.91 Å². The van der Waals surface area contributed by atoms with Crippen LogP contribution >= 0.6 is 0 Å². The Kier molecular flexibility index (Phi) is 7.30. The third-order valence-electron chi connectivity index (χ3n) is 7.72. The van der Waals surface area contributed by atoms with Crippen molar-refractivity contribution >= 4 is 5.91 Å². The third-order valence-corrected chi connectivity index (χ3v) is 7.72. The number of carbonyl (C=O) groups is 1. The SMILES string of the molecule is CCn1nccc1CNC(=O)C1CCC(Oc2cc3c(cc2C)OC(c2ccccc2C)CC3)CC1. The minimum absolute atomic E-state index is 0.0549. The van der Waals surface area contributed by atoms with E-state index in [-0.39, 0.29) is 24.0 Å². The minimum atomic E-state index is 0.0549. The number of aryl methyl sites for hydroxylation is 4. The van der Waals surface area contributed by atoms with Gasteiger partial charge in [0, 0.05) is 18.7 Å². The summed E-state index contributed by atoms with van der Waals surface area (Å²) < 4.78 is 14.8. The number of ether oxygens (including phenoxy) is 2. The second-order valence-electron chi connectivity index (χ2n) is 10.2. The van der Waals surface area contributed by atoms with Crippen molar-refractivity contribution in [1.29, 1.82) is 0 Å². The molecule has 3 aromatic rings. The second kappa shape index (κ2) is 10.8. The van der Waals surface area contributed by atoms with Gasteiger partial charge in [-0.2, -0.15) is 5.10 Å². The molecule has 1 N–H and O–H groups in total. The minimum Gasteiger partial charge on any atom is -0.490 e. The summed E-state index contributed by atoms with van der Waals surface area (Å²) in [5.41, 5.74) is 5.92. The van der Waals surface area contributed by atoms with E-state index in [0.717, 1.165) is 67.8 Å². The molecular formula is C30H37N3O3. The third kappa shape index (κ3) is 5.28. The maximum Gasteiger partial charge on any atom is 0.223 e. The number of carbonyl (C=O) groups excluding carboxylic acids is 1. The molecule has 1 amide bonds. The van der Waals surface area contributed by atoms with Gasteiger partial charge in [0.05, 0.1) is 18.3 Å². The summed E-state index contributed by atoms with van der Waals surface area (Å²) in [4.78, 5) is 12.7. The zero-order valence-electron chi connectivity index (χ0n) is 21.6. The van der Waals surface area contributed by atoms with E-state index >= 15 is 0 Å². The predicted molar refractivity (Wildman–Crippen MR) is 140 cm³/mol. The molecule has 0 radical (unpaired) electrons. The number of aromatic nitrogens is 2. The van der Waals surface area contributed by atoms with E-state index in [9.17, 15) is 4.79 Å². The molecule has 1 aromatic heterocycles. The fourth-order valence-corrected chi connectivity index (χ4v) is 5.54. The van der Waals surface area contributed by atoms with Crippen LogP contribution in [0.25, 0.3) is 0 Å². The molecule has 1 atom stereocenters. The van der Waals surface area contributed by atoms with Gasteiger partial charge in [0.25, 0.3) is 0 Å². The lowest BCUT2D eigenvalue weighted by atomic mass is 9.86. The van der Waals surface area contributed by atoms with Crippen molar-refractivity contribution in [2.45, 2.75) is 84.6 Å². The largest absolute Gasteiger partial charge is 0.490 e. The average molecular weight is 488 g/mol. The number of amides is 1. The Morgan fingerprint density at radius 3 is 2.67 bits per heavy atom. The van der Waals surface area contributed by atoms with Crippen molar-refractivity contribution in [2.24, 2.45) is 5.92 Å². The standard InChI is InChI=1S/C30H37N3O3/c1-4-33-24(15-16-32-33)19-31-30(34)22-9-12-25(13-10-22)35-28-18-23-11-14-27(36-29(23)17-21(28)3)26-8-6-5-7-20(26)2/h5-8,15-18,22,25,27H,4,9-14,19H2,1-3H3,(H,31,34). The highest BCUT2D eigenvalue weighted by atomic mass is 16.5. The Hall–Kier alpha value is -3.28. The molecule has 1 saturated carbocycles. The normalized spacial score (nSPS) is 21.4. The summed E-state index contributed by atoms with van der Waals surface area (Å²) in [5.74, 6) is 2.12. The Morgan fingerprint density at radius 1 is 1.08 bits per heavy atom. The molecular weight excluding hydrogens is 450 g/mol. The number of nitrogens with zero attached hydrogens (tertiary/aromatic N) is 2. The smallest absolute Gasteiger partial charge is 0.223 e. The maximum atomic E-state index is 12.7. The molecule has 1 fully saturated rings. The molecule has 36 heavy (non-hydrogen) atoms. The van der Waals surface area contributed by atoms with E-state index in [1.165, 1.54) is 16.7 Å². The first-order valence-electron chi connectivity index (χ1n) is 13.3. The van der Waals surface area contributed by atoms with Crippen LogP contribution in [-0.2, 0) is 24.3 Å². The number of nitrogens with one attached hydrogen (secondary N) is 1. The summed E-state index contributed by atoms with van der Waals surface area (Å²) >= 11 is 0. The van der Waals surface area contributed by atoms with Crippen LogP contribution in [0.1, 0.15) is 73.1 Å². The molecule has 190 valence electrons. The maximum absolute atomic E-state index is 12.7. The topological polar surface area (TPSA) is 65.4 Å². The number of hydrogen-bond donors (Lipinski definition) is 1. The van der Waals surface area contributed by atoms with Gasteiger partial charge in [0.1, 0.15) is 17.6 Å². The number of fused-ring (bicyclic) bond motifs is 1. The number of benzene rings is 2. The Balaban J connectivity index is 1.15. The van der Waals surface area contributed by atoms with Crippen molar-refractivity contribution in [3.05, 3.63) is 76.6 Å². The highest BCUT2D eigenvalue weighted by Crippen LogP contribution is 2.40. The van der Waals surface area contributed by atoms with Gasteiger partial charge in [-0.25, -0.2) is 0 Å². The van der Waals surface area contributed by atoms with E-state index in [0.29, 0.717) is 6.54 Å². The zero-order chi connectivity index (χ0) is 25.1. The Bertz CT molecular complexity index is 1210. The molecule has 0 bridgehead atoms. The fourth-order valence-electron chi connectivity index (χ4n) is 5.54. The van der Waals surface area contributed by atoms with Crippen LogP contribution in [-0.4, -0.2) is 21.8 Å². The van der Waals surface area contributed by atoms with Crippen molar-refractivity contribution in [3.8, 4) is 11.5 Å². The fraction of sp³-hybridized carbons (Fsp3) is 0.467. The Morgan fingerprint density at radius 2 is 1.89 bits per heavy atom. The zero-order valence-corrected chi connectivity index (χ0v) is 21.6. The van der Waals surface area contributed by atoms with Crippen molar-refractivity contribution < 1.29 is 14.3 Å². The molecule has 2 aliphatic rings. The van der Waals surface area contributed by atoms with Crippen molar-refractivity contribution in [2.75, 3.05) is 0 Å². The van der Waals surface area contributed by atoms with E-state index in [1.807, 2.05) is 10.7 Å². The predicted octanol–water partition coefficient (Wildman–Crippen LogP) is 5.84. The van der Waals surface area contributed by atoms with E-state index in [4.69, 9.17) is 9.47 Å². The van der Waals surface area contributed by atoms with Crippen LogP contribution < -0.4 is 14.8 Å². The van der Waals surface area contributed by atoms with Crippen LogP contribution in [0.5, 0.6) is 11.5 Å². The number of hydrogen-bond acceptors (Lipinski definition) is 4. The van der Waals surface area contributed by atoms with Crippen LogP contribution in [0.15, 0.2) is 48.7 Å². The lowest BCUT2D eigenvalue weighted by Gasteiger charge is -2.31. The van der Waals surface area contributed by atoms with E-state index in [2.05, 4.69) is 67.6 Å². The van der Waals surface area contributed by atoms with Gasteiger partial charge in [0.15, 0.2) is 0 Å². The lowest BCUT2D eigenvalue weighted by molar-refractivity contribution is -0.126. The van der Waals surface area contributed by atoms with Gasteiger partial charge < -0.3 is 14.8 Å². The van der Waals surface area contributed by atoms with Crippen LogP contribution in [0, 0.1) is 19.8 Å². The molecule has 1 unspecified atom stereocenters. The van der Waals surface area contributed by atoms with Crippen molar-refractivity contribution in [3.63, 3.8) is 0 Å². The summed E-state index contributed by atoms with van der Waals surface area (Å²) in [5, 5.41) is 7.37. The molecule has 1 aliphatic carbocycles. The molecule has 2 aromatic carbocycles. The first-order chi connectivity index (χ1) is 17.5. The highest BCUT2D eigenvalue weighted by molar-refractivity contribution is 5.78. The molecule has 1 aliphatic heterocycles. The molecule has 6 nitrogen and oxygen atoms in total. The van der Waals surface area contributed by atoms with E-state index in [1.54, 1.807) is 6.20 Å². The summed E-state index contributed by atoms with van der Waals surface area (Å²) in [6, 6.07) is 14.8. The Labute approximate surface area is 214 Å². The van der Waals surface area contributed by atoms with Crippen LogP contribution in [0.4, 0.5) is 0 Å². The monoisotopic (exact) mass is 487 g/mol. The number of rotatable bonds is 7. The molecule has 6 heteroatoms. The quantitative estimate of drug-likeness (QED) is 0.455. The average Bonchev–Trinajstić information content (AvgIpc) is 3.36. The summed E-state index contributed by atoms with van der Waals surface area (Å²) in [7, 11) is 0. The summed E-state index contributed by atoms with van der Waals surface area (Å²) in [6.45, 7) is 7.64. The van der Waals surface area contributed by atoms with Crippen LogP contribution in [0.3, 0.4) is 0 Å². The lowest BCUT2D eigenvalue weighted by Crippen LogP contribution is -2.35. The molecule has 0 spiro atoms. The molecule has 2 heterocycles. The van der Waals surface area contributed by atoms with Crippen LogP contribution in [0.2, 0.25) is 0 Å². The van der Waals surface area contributed by atoms with Gasteiger partial charge in [-0.05, 0) is 99.7 Å². The molecule has 0 saturated heterocycles. The van der Waals surface area contributed by atoms with Crippen molar-refractivity contribution in [1.82, 2.24) is 15.1 Å². The van der Waals surface area contributed by atoms with Gasteiger partial charge >= 0.3 is 0 Å². The first kappa shape index (κ1) is 24.4. The molecule has 5 rings (SSSR count). The highest BCUT2D eigenvalue weighted by Gasteiger charge is 2.29. The first-order valence-corrected chi connectivity index (χ1v) is 13.3. The summed E-state index contributed by atoms with van der Waals surface area (Å²) in [6.07, 6.45) is 7.49. The van der Waals surface area contributed by atoms with E-state index < -0.39 is 0 Å². The van der Waals surface area contributed by atoms with Gasteiger partial charge in [-0.15, -0.1) is 0 Å². The second-order valence-corrected chi connectivity index (χ2v) is 10.2. The van der Waals surface area contributed by atoms with Gasteiger partial charge in [-0.1, -0.05) is 24.3 Å². The van der Waals surface area contributed by atoms with Gasteiger partial charge in [-0.3, -0.25) is 9.48 Å².